The first kappa shape index (κ1) is 12.9. The smallest absolute Gasteiger partial charge is 0.0513 e. The average molecular weight is 254 g/mol. The Morgan fingerprint density at radius 2 is 2.35 bits per heavy atom. The van der Waals surface area contributed by atoms with Crippen molar-refractivity contribution in [3.05, 3.63) is 34.3 Å². The zero-order chi connectivity index (χ0) is 12.3. The SMILES string of the molecule is CCNC(c1cccc(Cl)c1C)C1CCOC1. The monoisotopic (exact) mass is 253 g/mol. The highest BCUT2D eigenvalue weighted by molar-refractivity contribution is 6.31. The van der Waals surface area contributed by atoms with E-state index in [0.29, 0.717) is 12.0 Å². The molecule has 1 aliphatic heterocycles. The van der Waals surface area contributed by atoms with Gasteiger partial charge in [0.15, 0.2) is 0 Å². The highest BCUT2D eigenvalue weighted by atomic mass is 35.5. The Kier molecular flexibility index (Phi) is 4.43. The van der Waals surface area contributed by atoms with Gasteiger partial charge in [-0.25, -0.2) is 0 Å². The summed E-state index contributed by atoms with van der Waals surface area (Å²) < 4.78 is 5.50. The maximum Gasteiger partial charge on any atom is 0.0513 e. The molecule has 2 atom stereocenters. The molecule has 0 radical (unpaired) electrons. The molecule has 1 aromatic rings. The van der Waals surface area contributed by atoms with E-state index in [1.807, 2.05) is 12.1 Å². The number of nitrogens with one attached hydrogen (secondary N) is 1. The van der Waals surface area contributed by atoms with Gasteiger partial charge >= 0.3 is 0 Å². The predicted octanol–water partition coefficient (Wildman–Crippen LogP) is 3.34. The first-order valence-corrected chi connectivity index (χ1v) is 6.68. The van der Waals surface area contributed by atoms with Gasteiger partial charge < -0.3 is 10.1 Å². The van der Waals surface area contributed by atoms with Crippen molar-refractivity contribution in [2.75, 3.05) is 19.8 Å². The Hall–Kier alpha value is -0.570. The number of hydrogen-bond acceptors (Lipinski definition) is 2. The molecular weight excluding hydrogens is 234 g/mol. The molecule has 0 spiro atoms. The van der Waals surface area contributed by atoms with E-state index in [-0.39, 0.29) is 0 Å². The first-order valence-electron chi connectivity index (χ1n) is 6.30. The van der Waals surface area contributed by atoms with Gasteiger partial charge in [0, 0.05) is 23.6 Å². The van der Waals surface area contributed by atoms with Gasteiger partial charge in [-0.1, -0.05) is 30.7 Å². The molecular formula is C14H20ClNO. The van der Waals surface area contributed by atoms with Crippen LogP contribution in [-0.4, -0.2) is 19.8 Å². The Balaban J connectivity index is 2.27. The summed E-state index contributed by atoms with van der Waals surface area (Å²) in [5, 5.41) is 4.42. The first-order chi connectivity index (χ1) is 8.24. The summed E-state index contributed by atoms with van der Waals surface area (Å²) >= 11 is 6.21. The lowest BCUT2D eigenvalue weighted by atomic mass is 9.89. The van der Waals surface area contributed by atoms with E-state index >= 15 is 0 Å². The Morgan fingerprint density at radius 1 is 1.53 bits per heavy atom. The molecule has 1 saturated heterocycles. The van der Waals surface area contributed by atoms with Gasteiger partial charge in [0.05, 0.1) is 6.61 Å². The predicted molar refractivity (Wildman–Crippen MR) is 71.5 cm³/mol. The number of ether oxygens (including phenoxy) is 1. The van der Waals surface area contributed by atoms with Gasteiger partial charge in [-0.05, 0) is 37.1 Å². The fourth-order valence-corrected chi connectivity index (χ4v) is 2.71. The molecule has 0 amide bonds. The third-order valence-corrected chi connectivity index (χ3v) is 3.91. The standard InChI is InChI=1S/C14H20ClNO/c1-3-16-14(11-7-8-17-9-11)12-5-4-6-13(15)10(12)2/h4-6,11,14,16H,3,7-9H2,1-2H3. The van der Waals surface area contributed by atoms with E-state index in [1.54, 1.807) is 0 Å². The van der Waals surface area contributed by atoms with Crippen LogP contribution in [0.25, 0.3) is 0 Å². The molecule has 0 aliphatic carbocycles. The van der Waals surface area contributed by atoms with Gasteiger partial charge in [-0.2, -0.15) is 0 Å². The number of rotatable bonds is 4. The van der Waals surface area contributed by atoms with E-state index in [4.69, 9.17) is 16.3 Å². The Labute approximate surface area is 108 Å². The van der Waals surface area contributed by atoms with E-state index in [9.17, 15) is 0 Å². The van der Waals surface area contributed by atoms with E-state index < -0.39 is 0 Å². The minimum Gasteiger partial charge on any atom is -0.381 e. The van der Waals surface area contributed by atoms with Crippen LogP contribution in [0, 0.1) is 12.8 Å². The van der Waals surface area contributed by atoms with Gasteiger partial charge in [0.25, 0.3) is 0 Å². The van der Waals surface area contributed by atoms with Crippen LogP contribution in [0.1, 0.15) is 30.5 Å². The molecule has 2 rings (SSSR count). The van der Waals surface area contributed by atoms with Gasteiger partial charge in [0.1, 0.15) is 0 Å². The molecule has 2 nitrogen and oxygen atoms in total. The third kappa shape index (κ3) is 2.82. The molecule has 1 heterocycles. The van der Waals surface area contributed by atoms with Crippen molar-refractivity contribution in [1.29, 1.82) is 0 Å². The van der Waals surface area contributed by atoms with Crippen molar-refractivity contribution in [3.63, 3.8) is 0 Å². The maximum absolute atomic E-state index is 6.21. The normalized spacial score (nSPS) is 21.7. The van der Waals surface area contributed by atoms with Crippen LogP contribution >= 0.6 is 11.6 Å². The van der Waals surface area contributed by atoms with E-state index in [1.165, 1.54) is 11.1 Å². The van der Waals surface area contributed by atoms with Crippen molar-refractivity contribution in [1.82, 2.24) is 5.32 Å². The molecule has 0 saturated carbocycles. The highest BCUT2D eigenvalue weighted by Crippen LogP contribution is 2.32. The molecule has 1 fully saturated rings. The van der Waals surface area contributed by atoms with Crippen LogP contribution in [0.5, 0.6) is 0 Å². The zero-order valence-electron chi connectivity index (χ0n) is 10.5. The van der Waals surface area contributed by atoms with Crippen LogP contribution in [-0.2, 0) is 4.74 Å². The largest absolute Gasteiger partial charge is 0.381 e. The third-order valence-electron chi connectivity index (χ3n) is 3.51. The molecule has 17 heavy (non-hydrogen) atoms. The maximum atomic E-state index is 6.21. The van der Waals surface area contributed by atoms with Crippen LogP contribution in [0.3, 0.4) is 0 Å². The van der Waals surface area contributed by atoms with Crippen molar-refractivity contribution >= 4 is 11.6 Å². The summed E-state index contributed by atoms with van der Waals surface area (Å²) in [5.41, 5.74) is 2.50. The van der Waals surface area contributed by atoms with Crippen molar-refractivity contribution in [2.45, 2.75) is 26.3 Å². The Morgan fingerprint density at radius 3 is 3.00 bits per heavy atom. The molecule has 0 aromatic heterocycles. The summed E-state index contributed by atoms with van der Waals surface area (Å²) in [4.78, 5) is 0. The van der Waals surface area contributed by atoms with Crippen LogP contribution < -0.4 is 5.32 Å². The fourth-order valence-electron chi connectivity index (χ4n) is 2.53. The van der Waals surface area contributed by atoms with Gasteiger partial charge in [-0.3, -0.25) is 0 Å². The lowest BCUT2D eigenvalue weighted by molar-refractivity contribution is 0.177. The van der Waals surface area contributed by atoms with Crippen molar-refractivity contribution < 1.29 is 4.74 Å². The average Bonchev–Trinajstić information content (AvgIpc) is 2.84. The van der Waals surface area contributed by atoms with Crippen LogP contribution in [0.4, 0.5) is 0 Å². The molecule has 1 aromatic carbocycles. The summed E-state index contributed by atoms with van der Waals surface area (Å²) in [5.74, 6) is 0.562. The van der Waals surface area contributed by atoms with Crippen LogP contribution in [0.15, 0.2) is 18.2 Å². The molecule has 2 unspecified atom stereocenters. The van der Waals surface area contributed by atoms with E-state index in [2.05, 4.69) is 25.2 Å². The summed E-state index contributed by atoms with van der Waals surface area (Å²) in [6.45, 7) is 6.93. The second kappa shape index (κ2) is 5.85. The number of halogens is 1. The summed E-state index contributed by atoms with van der Waals surface area (Å²) in [6, 6.07) is 6.52. The molecule has 3 heteroatoms. The topological polar surface area (TPSA) is 21.3 Å². The fraction of sp³-hybridized carbons (Fsp3) is 0.571. The van der Waals surface area contributed by atoms with Crippen molar-refractivity contribution in [3.8, 4) is 0 Å². The van der Waals surface area contributed by atoms with Gasteiger partial charge in [-0.15, -0.1) is 0 Å². The lowest BCUT2D eigenvalue weighted by Gasteiger charge is -2.25. The van der Waals surface area contributed by atoms with Gasteiger partial charge in [0.2, 0.25) is 0 Å². The number of hydrogen-bond donors (Lipinski definition) is 1. The Bertz CT molecular complexity index is 374. The zero-order valence-corrected chi connectivity index (χ0v) is 11.3. The number of benzene rings is 1. The molecule has 94 valence electrons. The minimum atomic E-state index is 0.362. The van der Waals surface area contributed by atoms with E-state index in [0.717, 1.165) is 31.2 Å². The molecule has 0 bridgehead atoms. The minimum absolute atomic E-state index is 0.362. The second-order valence-corrected chi connectivity index (χ2v) is 5.02. The van der Waals surface area contributed by atoms with Crippen LogP contribution in [0.2, 0.25) is 5.02 Å². The molecule has 1 aliphatic rings. The lowest BCUT2D eigenvalue weighted by Crippen LogP contribution is -2.29. The van der Waals surface area contributed by atoms with Crippen molar-refractivity contribution in [2.24, 2.45) is 5.92 Å². The summed E-state index contributed by atoms with van der Waals surface area (Å²) in [6.07, 6.45) is 1.13. The summed E-state index contributed by atoms with van der Waals surface area (Å²) in [7, 11) is 0. The highest BCUT2D eigenvalue weighted by Gasteiger charge is 2.27. The quantitative estimate of drug-likeness (QED) is 0.889. The molecule has 1 N–H and O–H groups in total. The second-order valence-electron chi connectivity index (χ2n) is 4.61.